The first kappa shape index (κ1) is 11.8. The molecule has 9 heavy (non-hydrogen) atoms. The van der Waals surface area contributed by atoms with Gasteiger partial charge < -0.3 is 11.1 Å². The first-order valence-electron chi connectivity index (χ1n) is 2.34. The molecule has 0 atom stereocenters. The van der Waals surface area contributed by atoms with Gasteiger partial charge in [0.05, 0.1) is 6.54 Å². The van der Waals surface area contributed by atoms with Gasteiger partial charge in [-0.05, 0) is 0 Å². The number of hydrogen-bond acceptors (Lipinski definition) is 2. The summed E-state index contributed by atoms with van der Waals surface area (Å²) in [7, 11) is 0. The van der Waals surface area contributed by atoms with Crippen molar-refractivity contribution in [2.45, 2.75) is 0 Å². The number of nitrogens with two attached hydrogens (primary N) is 1. The van der Waals surface area contributed by atoms with Crippen LogP contribution in [0.25, 0.3) is 0 Å². The third-order valence-corrected chi connectivity index (χ3v) is 0.791. The molecule has 0 aromatic carbocycles. The maximum Gasteiger partial charge on any atom is 0.233 e. The lowest BCUT2D eigenvalue weighted by molar-refractivity contribution is -0.119. The highest BCUT2D eigenvalue weighted by atomic mass is 35.5. The third-order valence-electron chi connectivity index (χ3n) is 0.602. The molecule has 0 spiro atoms. The van der Waals surface area contributed by atoms with Crippen LogP contribution < -0.4 is 11.1 Å². The summed E-state index contributed by atoms with van der Waals surface area (Å²) in [6.45, 7) is 0.536. The second-order valence-electron chi connectivity index (χ2n) is 1.24. The molecule has 1 amide bonds. The molecule has 0 aliphatic heterocycles. The van der Waals surface area contributed by atoms with Gasteiger partial charge >= 0.3 is 0 Å². The number of carbonyl (C=O) groups is 1. The zero-order chi connectivity index (χ0) is 6.41. The maximum absolute atomic E-state index is 10.3. The smallest absolute Gasteiger partial charge is 0.233 e. The molecule has 0 unspecified atom stereocenters. The fourth-order valence-electron chi connectivity index (χ4n) is 0.259. The Kier molecular flexibility index (Phi) is 10.5. The Balaban J connectivity index is 0. The van der Waals surface area contributed by atoms with E-state index in [1.807, 2.05) is 0 Å². The molecule has 0 radical (unpaired) electrons. The van der Waals surface area contributed by atoms with Crippen molar-refractivity contribution in [2.75, 3.05) is 19.0 Å². The van der Waals surface area contributed by atoms with Gasteiger partial charge in [-0.1, -0.05) is 0 Å². The van der Waals surface area contributed by atoms with E-state index in [0.717, 1.165) is 0 Å². The first-order valence-corrected chi connectivity index (χ1v) is 2.87. The summed E-state index contributed by atoms with van der Waals surface area (Å²) in [5.74, 6) is 0.275. The van der Waals surface area contributed by atoms with Crippen LogP contribution in [0.1, 0.15) is 0 Å². The summed E-state index contributed by atoms with van der Waals surface area (Å²) in [6.07, 6.45) is 0. The Bertz CT molecular complexity index is 79.0. The minimum absolute atomic E-state index is 0. The van der Waals surface area contributed by atoms with Gasteiger partial charge in [0.1, 0.15) is 0 Å². The normalized spacial score (nSPS) is 7.78. The molecule has 3 nitrogen and oxygen atoms in total. The molecular formula is C4H10Cl2N2O. The lowest BCUT2D eigenvalue weighted by Gasteiger charge is -1.96. The molecule has 56 valence electrons. The highest BCUT2D eigenvalue weighted by Gasteiger charge is 1.91. The standard InChI is InChI=1S/C4H9ClN2O.ClH/c5-1-2-7-4(8)3-6;/h1-3,6H2,(H,7,8);1H. The van der Waals surface area contributed by atoms with Crippen molar-refractivity contribution in [2.24, 2.45) is 5.73 Å². The quantitative estimate of drug-likeness (QED) is 0.576. The van der Waals surface area contributed by atoms with Crippen molar-refractivity contribution in [3.05, 3.63) is 0 Å². The first-order chi connectivity index (χ1) is 3.81. The van der Waals surface area contributed by atoms with E-state index in [9.17, 15) is 4.79 Å². The van der Waals surface area contributed by atoms with Crippen molar-refractivity contribution in [1.29, 1.82) is 0 Å². The molecule has 0 fully saturated rings. The molecule has 0 heterocycles. The van der Waals surface area contributed by atoms with Crippen molar-refractivity contribution >= 4 is 29.9 Å². The predicted octanol–water partition coefficient (Wildman–Crippen LogP) is -0.278. The molecule has 0 aromatic rings. The molecule has 3 N–H and O–H groups in total. The topological polar surface area (TPSA) is 55.1 Å². The highest BCUT2D eigenvalue weighted by molar-refractivity contribution is 6.18. The number of carbonyl (C=O) groups excluding carboxylic acids is 1. The summed E-state index contributed by atoms with van der Waals surface area (Å²) in [6, 6.07) is 0. The Hall–Kier alpha value is 0.01000. The van der Waals surface area contributed by atoms with Gasteiger partial charge in [0.2, 0.25) is 5.91 Å². The Morgan fingerprint density at radius 3 is 2.56 bits per heavy atom. The summed E-state index contributed by atoms with van der Waals surface area (Å²) < 4.78 is 0. The van der Waals surface area contributed by atoms with E-state index in [4.69, 9.17) is 17.3 Å². The van der Waals surface area contributed by atoms with Crippen LogP contribution in [-0.4, -0.2) is 24.9 Å². The minimum atomic E-state index is -0.161. The van der Waals surface area contributed by atoms with E-state index in [1.54, 1.807) is 0 Å². The number of nitrogens with one attached hydrogen (secondary N) is 1. The van der Waals surface area contributed by atoms with Crippen LogP contribution in [0.2, 0.25) is 0 Å². The molecule has 5 heteroatoms. The van der Waals surface area contributed by atoms with Crippen molar-refractivity contribution in [1.82, 2.24) is 5.32 Å². The zero-order valence-electron chi connectivity index (χ0n) is 4.89. The minimum Gasteiger partial charge on any atom is -0.354 e. The van der Waals surface area contributed by atoms with Crippen LogP contribution in [0, 0.1) is 0 Å². The second-order valence-corrected chi connectivity index (χ2v) is 1.62. The highest BCUT2D eigenvalue weighted by Crippen LogP contribution is 1.68. The third kappa shape index (κ3) is 8.01. The number of alkyl halides is 1. The van der Waals surface area contributed by atoms with Crippen molar-refractivity contribution < 1.29 is 4.79 Å². The van der Waals surface area contributed by atoms with Crippen LogP contribution in [0.15, 0.2) is 0 Å². The molecule has 0 aromatic heterocycles. The fraction of sp³-hybridized carbons (Fsp3) is 0.750. The van der Waals surface area contributed by atoms with Crippen LogP contribution in [0.4, 0.5) is 0 Å². The molecule has 0 aliphatic carbocycles. The number of halogens is 2. The fourth-order valence-corrected chi connectivity index (χ4v) is 0.353. The molecule has 0 saturated heterocycles. The monoisotopic (exact) mass is 172 g/mol. The summed E-state index contributed by atoms with van der Waals surface area (Å²) >= 11 is 5.25. The Morgan fingerprint density at radius 1 is 1.67 bits per heavy atom. The summed E-state index contributed by atoms with van der Waals surface area (Å²) in [5.41, 5.74) is 4.96. The Labute approximate surface area is 65.3 Å². The largest absolute Gasteiger partial charge is 0.354 e. The van der Waals surface area contributed by atoms with Crippen LogP contribution in [-0.2, 0) is 4.79 Å². The van der Waals surface area contributed by atoms with Crippen molar-refractivity contribution in [3.63, 3.8) is 0 Å². The average molecular weight is 173 g/mol. The summed E-state index contributed by atoms with van der Waals surface area (Å²) in [5, 5.41) is 2.49. The number of rotatable bonds is 3. The van der Waals surface area contributed by atoms with Gasteiger partial charge in [-0.15, -0.1) is 24.0 Å². The van der Waals surface area contributed by atoms with Gasteiger partial charge in [-0.25, -0.2) is 0 Å². The van der Waals surface area contributed by atoms with E-state index in [2.05, 4.69) is 5.32 Å². The predicted molar refractivity (Wildman–Crippen MR) is 40.0 cm³/mol. The maximum atomic E-state index is 10.3. The van der Waals surface area contributed by atoms with E-state index >= 15 is 0 Å². The van der Waals surface area contributed by atoms with Crippen LogP contribution >= 0.6 is 24.0 Å². The molecular weight excluding hydrogens is 163 g/mol. The second kappa shape index (κ2) is 8.01. The lowest BCUT2D eigenvalue weighted by atomic mass is 10.6. The Morgan fingerprint density at radius 2 is 2.22 bits per heavy atom. The van der Waals surface area contributed by atoms with Gasteiger partial charge in [0, 0.05) is 12.4 Å². The summed E-state index contributed by atoms with van der Waals surface area (Å²) in [4.78, 5) is 10.3. The number of hydrogen-bond donors (Lipinski definition) is 2. The van der Waals surface area contributed by atoms with E-state index in [-0.39, 0.29) is 24.9 Å². The van der Waals surface area contributed by atoms with Gasteiger partial charge in [-0.3, -0.25) is 4.79 Å². The van der Waals surface area contributed by atoms with E-state index < -0.39 is 0 Å². The molecule has 0 saturated carbocycles. The van der Waals surface area contributed by atoms with Crippen LogP contribution in [0.5, 0.6) is 0 Å². The molecule has 0 rings (SSSR count). The average Bonchev–Trinajstić information content (AvgIpc) is 1.83. The molecule has 0 bridgehead atoms. The number of amides is 1. The van der Waals surface area contributed by atoms with E-state index in [1.165, 1.54) is 0 Å². The van der Waals surface area contributed by atoms with Gasteiger partial charge in [0.25, 0.3) is 0 Å². The van der Waals surface area contributed by atoms with Gasteiger partial charge in [0.15, 0.2) is 0 Å². The SMILES string of the molecule is Cl.NCC(=O)NCCCl. The van der Waals surface area contributed by atoms with Crippen LogP contribution in [0.3, 0.4) is 0 Å². The lowest BCUT2D eigenvalue weighted by Crippen LogP contribution is -2.31. The van der Waals surface area contributed by atoms with E-state index in [0.29, 0.717) is 12.4 Å². The zero-order valence-corrected chi connectivity index (χ0v) is 6.47. The van der Waals surface area contributed by atoms with Crippen molar-refractivity contribution in [3.8, 4) is 0 Å². The van der Waals surface area contributed by atoms with Gasteiger partial charge in [-0.2, -0.15) is 0 Å². The molecule has 0 aliphatic rings.